The van der Waals surface area contributed by atoms with Gasteiger partial charge >= 0.3 is 0 Å². The predicted octanol–water partition coefficient (Wildman–Crippen LogP) is 9.51. The Morgan fingerprint density at radius 1 is 0.564 bits per heavy atom. The van der Waals surface area contributed by atoms with E-state index in [4.69, 9.17) is 29.5 Å². The summed E-state index contributed by atoms with van der Waals surface area (Å²) in [4.78, 5) is 34.5. The van der Waals surface area contributed by atoms with Gasteiger partial charge < -0.3 is 45.7 Å². The average Bonchev–Trinajstić information content (AvgIpc) is 1.64. The molecule has 13 rings (SSSR count). The molecule has 3 aliphatic rings. The molecule has 28 nitrogen and oxygen atoms in total. The van der Waals surface area contributed by atoms with Crippen LogP contribution in [-0.2, 0) is 37.8 Å². The van der Waals surface area contributed by atoms with Crippen molar-refractivity contribution < 1.29 is 37.6 Å². The van der Waals surface area contributed by atoms with Gasteiger partial charge in [0.2, 0.25) is 17.8 Å². The van der Waals surface area contributed by atoms with Crippen LogP contribution in [0.2, 0.25) is 0 Å². The normalized spacial score (nSPS) is 19.6. The lowest BCUT2D eigenvalue weighted by Crippen LogP contribution is -2.23. The standard InChI is InChI=1S/C25H34N8O2.C24H32N6O3.C23H32N6O3S/c1-16-9-20(31(3)29-16)14-32-13-19(11-27-32)22-10-23(18-5-7-21(34)8-6-18)33-24(22)12-26-25(30-33)28-17(2)15-35-4;1-14-9-17(10-20(27-14)23(32)25-3)19-11-21(16-5-7-18(31)8-6-16)30-22(19)12-26-24(29-30)28-15(2)13-33-4;1-15-5-7-17(8-6-15)20-11-19(18-9-10-22(25-12-18)33(30,31)24-3)21-13-26-23(28-29(20)21)27-16(2)14-32-4/h9-13,17-18,21,34H,5-8,14-15H2,1-4H3,(H,28,30);9-12,15-16,18,31H,5-8,13H2,1-4H3,(H,25,32)(H,28,29);9-13,15-17,24H,5-8,14H2,1-4H3,(H,27,28)/t17-,18?,21?;15-,16?,18?;15?,16-,17?/m000/s1. The molecule has 0 aromatic carbocycles. The molecule has 3 aliphatic carbocycles. The van der Waals surface area contributed by atoms with Crippen LogP contribution in [0.4, 0.5) is 17.8 Å². The number of aliphatic hydroxyl groups is 2. The van der Waals surface area contributed by atoms with Gasteiger partial charge in [-0.1, -0.05) is 19.8 Å². The second kappa shape index (κ2) is 32.9. The number of carbonyl (C=O) groups is 1. The van der Waals surface area contributed by atoms with Crippen molar-refractivity contribution in [1.29, 1.82) is 0 Å². The number of pyridine rings is 2. The molecular weight excluding hydrogens is 1300 g/mol. The Kier molecular flexibility index (Phi) is 23.9. The highest BCUT2D eigenvalue weighted by Crippen LogP contribution is 2.42. The second-order valence-electron chi connectivity index (χ2n) is 27.4. The lowest BCUT2D eigenvalue weighted by molar-refractivity contribution is 0.0957. The van der Waals surface area contributed by atoms with Crippen LogP contribution in [0.25, 0.3) is 49.9 Å². The molecule has 10 heterocycles. The number of rotatable bonds is 23. The highest BCUT2D eigenvalue weighted by atomic mass is 32.2. The fourth-order valence-corrected chi connectivity index (χ4v) is 14.7. The summed E-state index contributed by atoms with van der Waals surface area (Å²) in [6.45, 7) is 14.6. The predicted molar refractivity (Wildman–Crippen MR) is 388 cm³/mol. The number of sulfonamides is 1. The molecule has 0 bridgehead atoms. The first-order valence-corrected chi connectivity index (χ1v) is 36.5. The van der Waals surface area contributed by atoms with Crippen molar-refractivity contribution in [2.24, 2.45) is 13.0 Å². The summed E-state index contributed by atoms with van der Waals surface area (Å²) in [5, 5.41) is 56.2. The SMILES string of the molecule is CNC(=O)c1cc(-c2cc(C3CCC(O)CC3)n3nc(N[C@@H](C)COC)ncc23)cc(C)n1.CNS(=O)(=O)c1ccc(-c2cc(C3CCC(C)CC3)n3nc(N[C@@H](C)COC)ncc23)cn1.COC[C@H](C)Nc1ncc2c(-c3cnn(Cc4cc(C)nn4C)c3)cc(C3CCC(O)CC3)n2n1. The molecule has 0 saturated heterocycles. The molecule has 3 saturated carbocycles. The zero-order valence-electron chi connectivity index (χ0n) is 60.1. The summed E-state index contributed by atoms with van der Waals surface area (Å²) in [7, 11) is 6.37. The Balaban J connectivity index is 0.000000153. The number of hydrogen-bond donors (Lipinski definition) is 7. The van der Waals surface area contributed by atoms with E-state index in [9.17, 15) is 23.4 Å². The third kappa shape index (κ3) is 17.6. The maximum Gasteiger partial charge on any atom is 0.269 e. The molecule has 3 atom stereocenters. The molecule has 101 heavy (non-hydrogen) atoms. The quantitative estimate of drug-likeness (QED) is 0.0313. The Bertz CT molecular complexity index is 4540. The Morgan fingerprint density at radius 3 is 1.44 bits per heavy atom. The lowest BCUT2D eigenvalue weighted by Gasteiger charge is -2.25. The highest BCUT2D eigenvalue weighted by molar-refractivity contribution is 7.89. The molecule has 540 valence electrons. The summed E-state index contributed by atoms with van der Waals surface area (Å²) in [6, 6.07) is 15.9. The largest absolute Gasteiger partial charge is 0.393 e. The minimum Gasteiger partial charge on any atom is -0.393 e. The Morgan fingerprint density at radius 2 is 1.02 bits per heavy atom. The smallest absolute Gasteiger partial charge is 0.269 e. The van der Waals surface area contributed by atoms with E-state index in [-0.39, 0.29) is 47.2 Å². The first kappa shape index (κ1) is 73.4. The van der Waals surface area contributed by atoms with Gasteiger partial charge in [0.15, 0.2) is 5.03 Å². The zero-order valence-corrected chi connectivity index (χ0v) is 60.9. The molecule has 3 fully saturated rings. The van der Waals surface area contributed by atoms with Crippen LogP contribution in [0.15, 0.2) is 90.7 Å². The molecule has 7 N–H and O–H groups in total. The third-order valence-electron chi connectivity index (χ3n) is 19.4. The van der Waals surface area contributed by atoms with Gasteiger partial charge in [-0.05, 0) is 166 Å². The van der Waals surface area contributed by atoms with E-state index in [0.717, 1.165) is 154 Å². The minimum absolute atomic E-state index is 0.00590. The monoisotopic (exact) mass is 1400 g/mol. The van der Waals surface area contributed by atoms with Crippen molar-refractivity contribution in [3.8, 4) is 33.4 Å². The van der Waals surface area contributed by atoms with Gasteiger partial charge in [0, 0.05) is 134 Å². The van der Waals surface area contributed by atoms with Crippen LogP contribution in [0.3, 0.4) is 0 Å². The number of ether oxygens (including phenoxy) is 3. The number of nitrogens with zero attached hydrogens (tertiary/aromatic N) is 15. The summed E-state index contributed by atoms with van der Waals surface area (Å²) in [5.74, 6) is 3.22. The number of hydrogen-bond acceptors (Lipinski definition) is 21. The molecule has 29 heteroatoms. The van der Waals surface area contributed by atoms with Crippen LogP contribution in [0.1, 0.15) is 167 Å². The molecule has 10 aromatic heterocycles. The number of fused-ring (bicyclic) bond motifs is 3. The average molecular weight is 1400 g/mol. The van der Waals surface area contributed by atoms with Gasteiger partial charge in [-0.3, -0.25) is 14.2 Å². The summed E-state index contributed by atoms with van der Waals surface area (Å²) >= 11 is 0. The number of amides is 1. The maximum absolute atomic E-state index is 12.3. The van der Waals surface area contributed by atoms with Gasteiger partial charge in [-0.15, -0.1) is 15.3 Å². The highest BCUT2D eigenvalue weighted by Gasteiger charge is 2.30. The fraction of sp³-hybridized carbons (Fsp3) is 0.514. The summed E-state index contributed by atoms with van der Waals surface area (Å²) in [6.07, 6.45) is 22.2. The summed E-state index contributed by atoms with van der Waals surface area (Å²) in [5.41, 5.74) is 15.1. The molecule has 10 aromatic rings. The van der Waals surface area contributed by atoms with Crippen LogP contribution in [0.5, 0.6) is 0 Å². The van der Waals surface area contributed by atoms with Gasteiger partial charge in [-0.2, -0.15) is 10.2 Å². The van der Waals surface area contributed by atoms with Crippen LogP contribution < -0.4 is 26.0 Å². The fourth-order valence-electron chi connectivity index (χ4n) is 14.1. The molecule has 0 aliphatic heterocycles. The number of aryl methyl sites for hydroxylation is 3. The number of nitrogens with one attached hydrogen (secondary N) is 5. The van der Waals surface area contributed by atoms with Crippen molar-refractivity contribution in [2.45, 2.75) is 178 Å². The van der Waals surface area contributed by atoms with Gasteiger partial charge in [0.05, 0.1) is 91.3 Å². The zero-order chi connectivity index (χ0) is 71.6. The van der Waals surface area contributed by atoms with Crippen molar-refractivity contribution in [1.82, 2.24) is 83.4 Å². The number of aliphatic hydroxyl groups excluding tert-OH is 2. The topological polar surface area (TPSA) is 331 Å². The number of anilines is 3. The van der Waals surface area contributed by atoms with E-state index >= 15 is 0 Å². The molecule has 1 amide bonds. The van der Waals surface area contributed by atoms with E-state index in [2.05, 4.69) is 98.5 Å². The number of methoxy groups -OCH3 is 3. The molecule has 0 spiro atoms. The van der Waals surface area contributed by atoms with Crippen molar-refractivity contribution in [2.75, 3.05) is 71.2 Å². The second-order valence-corrected chi connectivity index (χ2v) is 29.3. The van der Waals surface area contributed by atoms with Crippen molar-refractivity contribution >= 4 is 50.3 Å². The first-order valence-electron chi connectivity index (χ1n) is 35.0. The van der Waals surface area contributed by atoms with E-state index in [0.29, 0.717) is 61.7 Å². The minimum atomic E-state index is -3.59. The van der Waals surface area contributed by atoms with Crippen molar-refractivity contribution in [3.63, 3.8) is 0 Å². The van der Waals surface area contributed by atoms with Crippen LogP contribution in [-0.4, -0.2) is 183 Å². The Hall–Kier alpha value is -8.84. The lowest BCUT2D eigenvalue weighted by atomic mass is 9.81. The first-order chi connectivity index (χ1) is 48.6. The number of aromatic nitrogens is 15. The molecule has 0 radical (unpaired) electrons. The maximum atomic E-state index is 12.3. The van der Waals surface area contributed by atoms with E-state index in [1.165, 1.54) is 26.0 Å². The molecule has 0 unspecified atom stereocenters. The van der Waals surface area contributed by atoms with Gasteiger partial charge in [-0.25, -0.2) is 51.6 Å². The number of carbonyl (C=O) groups excluding carboxylic acids is 1. The third-order valence-corrected chi connectivity index (χ3v) is 20.7. The summed E-state index contributed by atoms with van der Waals surface area (Å²) < 4.78 is 51.9. The van der Waals surface area contributed by atoms with Gasteiger partial charge in [0.25, 0.3) is 15.9 Å². The van der Waals surface area contributed by atoms with E-state index < -0.39 is 10.0 Å². The van der Waals surface area contributed by atoms with Crippen LogP contribution in [0, 0.1) is 19.8 Å². The molecular formula is C72H98N20O8S. The van der Waals surface area contributed by atoms with Crippen molar-refractivity contribution in [3.05, 3.63) is 126 Å². The van der Waals surface area contributed by atoms with Crippen LogP contribution >= 0.6 is 0 Å². The Labute approximate surface area is 589 Å². The van der Waals surface area contributed by atoms with E-state index in [1.54, 1.807) is 40.6 Å². The van der Waals surface area contributed by atoms with E-state index in [1.807, 2.05) is 101 Å². The van der Waals surface area contributed by atoms with Gasteiger partial charge in [0.1, 0.15) is 5.69 Å².